The van der Waals surface area contributed by atoms with Gasteiger partial charge in [0.15, 0.2) is 0 Å². The van der Waals surface area contributed by atoms with Gasteiger partial charge in [-0.3, -0.25) is 9.69 Å². The summed E-state index contributed by atoms with van der Waals surface area (Å²) in [6.07, 6.45) is -0.309. The molecule has 0 spiro atoms. The molecule has 1 aliphatic heterocycles. The van der Waals surface area contributed by atoms with Crippen LogP contribution in [0.15, 0.2) is 109 Å². The van der Waals surface area contributed by atoms with E-state index < -0.39 is 30.1 Å². The van der Waals surface area contributed by atoms with Crippen molar-refractivity contribution in [1.82, 2.24) is 10.2 Å². The van der Waals surface area contributed by atoms with Crippen LogP contribution in [0.1, 0.15) is 27.8 Å². The number of aliphatic carboxylic acids is 1. The molecule has 8 heteroatoms. The summed E-state index contributed by atoms with van der Waals surface area (Å²) in [6, 6.07) is 31.7. The third kappa shape index (κ3) is 7.34. The van der Waals surface area contributed by atoms with E-state index in [9.17, 15) is 19.5 Å². The van der Waals surface area contributed by atoms with E-state index in [1.807, 2.05) is 84.9 Å². The zero-order valence-electron chi connectivity index (χ0n) is 23.0. The second kappa shape index (κ2) is 13.5. The molecule has 0 radical (unpaired) electrons. The van der Waals surface area contributed by atoms with Gasteiger partial charge in [0, 0.05) is 12.8 Å². The van der Waals surface area contributed by atoms with Crippen molar-refractivity contribution in [3.8, 4) is 5.75 Å². The number of nitrogens with zero attached hydrogens (tertiary/aromatic N) is 1. The number of rotatable bonds is 10. The Balaban J connectivity index is 1.25. The van der Waals surface area contributed by atoms with Gasteiger partial charge < -0.3 is 19.9 Å². The number of carboxylic acids is 1. The van der Waals surface area contributed by atoms with Gasteiger partial charge in [-0.1, -0.05) is 97.1 Å². The minimum atomic E-state index is -1.19. The number of carboxylic acid groups (broad SMARTS) is 1. The van der Waals surface area contributed by atoms with E-state index >= 15 is 0 Å². The Morgan fingerprint density at radius 2 is 1.36 bits per heavy atom. The molecule has 8 nitrogen and oxygen atoms in total. The van der Waals surface area contributed by atoms with Crippen molar-refractivity contribution in [1.29, 1.82) is 0 Å². The molecule has 2 N–H and O–H groups in total. The Kier molecular flexibility index (Phi) is 9.13. The van der Waals surface area contributed by atoms with Crippen molar-refractivity contribution in [3.05, 3.63) is 137 Å². The minimum absolute atomic E-state index is 0.0645. The molecular weight excluding hydrogens is 532 g/mol. The van der Waals surface area contributed by atoms with Crippen LogP contribution < -0.4 is 10.1 Å². The van der Waals surface area contributed by atoms with Crippen molar-refractivity contribution in [2.24, 2.45) is 0 Å². The van der Waals surface area contributed by atoms with Crippen LogP contribution in [-0.4, -0.2) is 40.1 Å². The average Bonchev–Trinajstić information content (AvgIpc) is 3.03. The fraction of sp³-hybridized carbons (Fsp3) is 0.206. The highest BCUT2D eigenvalue weighted by Crippen LogP contribution is 2.25. The Morgan fingerprint density at radius 1 is 0.762 bits per heavy atom. The number of nitrogens with one attached hydrogen (secondary N) is 1. The highest BCUT2D eigenvalue weighted by atomic mass is 16.6. The summed E-state index contributed by atoms with van der Waals surface area (Å²) < 4.78 is 11.4. The fourth-order valence-corrected chi connectivity index (χ4v) is 4.92. The largest absolute Gasteiger partial charge is 0.489 e. The maximum absolute atomic E-state index is 13.5. The lowest BCUT2D eigenvalue weighted by atomic mass is 9.93. The first-order valence-electron chi connectivity index (χ1n) is 13.8. The molecule has 4 aromatic carbocycles. The van der Waals surface area contributed by atoms with Crippen LogP contribution in [0.4, 0.5) is 4.79 Å². The Hall–Kier alpha value is -5.11. The maximum Gasteiger partial charge on any atom is 0.411 e. The number of benzene rings is 4. The quantitative estimate of drug-likeness (QED) is 0.276. The van der Waals surface area contributed by atoms with Gasteiger partial charge in [0.2, 0.25) is 5.91 Å². The molecular formula is C34H32N2O6. The van der Waals surface area contributed by atoms with Gasteiger partial charge in [0.25, 0.3) is 0 Å². The Bertz CT molecular complexity index is 1510. The minimum Gasteiger partial charge on any atom is -0.489 e. The van der Waals surface area contributed by atoms with Crippen LogP contribution in [0.2, 0.25) is 0 Å². The molecule has 0 aliphatic carbocycles. The number of ether oxygens (including phenoxy) is 2. The highest BCUT2D eigenvalue weighted by molar-refractivity contribution is 5.90. The lowest BCUT2D eigenvalue weighted by Crippen LogP contribution is -2.56. The molecule has 214 valence electrons. The van der Waals surface area contributed by atoms with E-state index in [4.69, 9.17) is 9.47 Å². The molecule has 1 heterocycles. The van der Waals surface area contributed by atoms with Crippen molar-refractivity contribution in [2.45, 2.75) is 44.7 Å². The first-order chi connectivity index (χ1) is 20.5. The smallest absolute Gasteiger partial charge is 0.411 e. The van der Waals surface area contributed by atoms with Crippen LogP contribution in [0.3, 0.4) is 0 Å². The fourth-order valence-electron chi connectivity index (χ4n) is 4.92. The van der Waals surface area contributed by atoms with Gasteiger partial charge in [0.1, 0.15) is 31.0 Å². The normalized spacial score (nSPS) is 14.8. The first kappa shape index (κ1) is 28.4. The molecule has 0 fully saturated rings. The topological polar surface area (TPSA) is 105 Å². The molecule has 5 rings (SSSR count). The first-order valence-corrected chi connectivity index (χ1v) is 13.8. The molecule has 4 aromatic rings. The zero-order chi connectivity index (χ0) is 29.3. The standard InChI is InChI=1S/C34H32N2O6/c37-32(35-30(33(38)39)19-24-15-17-29(18-16-24)41-22-25-9-3-1-4-10-25)31-20-27-13-7-8-14-28(27)21-36(31)34(40)42-23-26-11-5-2-6-12-26/h1-18,30-31H,19-23H2,(H,35,37)(H,38,39)/t30-,31-/m0/s1. The van der Waals surface area contributed by atoms with Crippen LogP contribution in [0.5, 0.6) is 5.75 Å². The Morgan fingerprint density at radius 3 is 2.00 bits per heavy atom. The van der Waals surface area contributed by atoms with E-state index in [0.717, 1.165) is 27.8 Å². The second-order valence-corrected chi connectivity index (χ2v) is 10.2. The van der Waals surface area contributed by atoms with Crippen molar-refractivity contribution in [2.75, 3.05) is 0 Å². The second-order valence-electron chi connectivity index (χ2n) is 10.2. The highest BCUT2D eigenvalue weighted by Gasteiger charge is 2.37. The summed E-state index contributed by atoms with van der Waals surface area (Å²) in [5.74, 6) is -1.05. The summed E-state index contributed by atoms with van der Waals surface area (Å²) in [7, 11) is 0. The molecule has 0 aromatic heterocycles. The van der Waals surface area contributed by atoms with E-state index in [2.05, 4.69) is 5.32 Å². The number of fused-ring (bicyclic) bond motifs is 1. The van der Waals surface area contributed by atoms with Crippen molar-refractivity contribution >= 4 is 18.0 Å². The average molecular weight is 565 g/mol. The molecule has 2 amide bonds. The maximum atomic E-state index is 13.5. The number of amides is 2. The summed E-state index contributed by atoms with van der Waals surface area (Å²) in [4.78, 5) is 40.3. The van der Waals surface area contributed by atoms with E-state index in [1.165, 1.54) is 4.90 Å². The number of carbonyl (C=O) groups excluding carboxylic acids is 2. The molecule has 1 aliphatic rings. The zero-order valence-corrected chi connectivity index (χ0v) is 23.0. The molecule has 42 heavy (non-hydrogen) atoms. The monoisotopic (exact) mass is 564 g/mol. The van der Waals surface area contributed by atoms with Crippen LogP contribution in [0, 0.1) is 0 Å². The summed E-state index contributed by atoms with van der Waals surface area (Å²) in [5.41, 5.74) is 4.44. The van der Waals surface area contributed by atoms with E-state index in [1.54, 1.807) is 24.3 Å². The van der Waals surface area contributed by atoms with Gasteiger partial charge in [-0.05, 0) is 39.9 Å². The molecule has 0 unspecified atom stereocenters. The third-order valence-electron chi connectivity index (χ3n) is 7.22. The third-order valence-corrected chi connectivity index (χ3v) is 7.22. The van der Waals surface area contributed by atoms with Crippen LogP contribution >= 0.6 is 0 Å². The Labute approximate surface area is 244 Å². The van der Waals surface area contributed by atoms with Crippen LogP contribution in [-0.2, 0) is 46.9 Å². The van der Waals surface area contributed by atoms with Gasteiger partial charge in [-0.15, -0.1) is 0 Å². The van der Waals surface area contributed by atoms with Crippen molar-refractivity contribution in [3.63, 3.8) is 0 Å². The lowest BCUT2D eigenvalue weighted by molar-refractivity contribution is -0.142. The number of hydrogen-bond donors (Lipinski definition) is 2. The molecule has 2 atom stereocenters. The number of carbonyl (C=O) groups is 3. The van der Waals surface area contributed by atoms with Crippen molar-refractivity contribution < 1.29 is 29.0 Å². The van der Waals surface area contributed by atoms with Gasteiger partial charge in [-0.2, -0.15) is 0 Å². The summed E-state index contributed by atoms with van der Waals surface area (Å²) in [5, 5.41) is 12.6. The van der Waals surface area contributed by atoms with Gasteiger partial charge in [0.05, 0.1) is 6.54 Å². The SMILES string of the molecule is O=C(O)[C@H](Cc1ccc(OCc2ccccc2)cc1)NC(=O)[C@@H]1Cc2ccccc2CN1C(=O)OCc1ccccc1. The molecule has 0 saturated carbocycles. The van der Waals surface area contributed by atoms with Gasteiger partial charge >= 0.3 is 12.1 Å². The predicted molar refractivity (Wildman–Crippen MR) is 157 cm³/mol. The summed E-state index contributed by atoms with van der Waals surface area (Å²) >= 11 is 0. The predicted octanol–water partition coefficient (Wildman–Crippen LogP) is 5.14. The van der Waals surface area contributed by atoms with E-state index in [-0.39, 0.29) is 26.0 Å². The van der Waals surface area contributed by atoms with Crippen LogP contribution in [0.25, 0.3) is 0 Å². The summed E-state index contributed by atoms with van der Waals surface area (Å²) in [6.45, 7) is 0.668. The molecule has 0 saturated heterocycles. The molecule has 0 bridgehead atoms. The number of hydrogen-bond acceptors (Lipinski definition) is 5. The van der Waals surface area contributed by atoms with Gasteiger partial charge in [-0.25, -0.2) is 9.59 Å². The van der Waals surface area contributed by atoms with E-state index in [0.29, 0.717) is 12.4 Å². The lowest BCUT2D eigenvalue weighted by Gasteiger charge is -2.35.